The third-order valence-electron chi connectivity index (χ3n) is 7.56. The standard InChI is InChI=1S/C33H33N3/c1-5-13-25(14-6-1)26-21-23-27(24-22-26)31-32(34-29-17-9-3-10-18-29)33(28-15-7-2-8-16-28)36(35-31)30-19-11-4-12-20-30/h1-2,4-8,11-16,19-24,29,32-34H,3,9-10,17-18H2. The summed E-state index contributed by atoms with van der Waals surface area (Å²) in [7, 11) is 0. The number of nitrogens with zero attached hydrogens (tertiary/aromatic N) is 2. The first-order chi connectivity index (χ1) is 17.9. The highest BCUT2D eigenvalue weighted by atomic mass is 15.5. The number of para-hydroxylation sites is 1. The lowest BCUT2D eigenvalue weighted by Gasteiger charge is -2.33. The summed E-state index contributed by atoms with van der Waals surface area (Å²) >= 11 is 0. The molecule has 1 N–H and O–H groups in total. The molecule has 0 amide bonds. The Balaban J connectivity index is 1.41. The fourth-order valence-corrected chi connectivity index (χ4v) is 5.71. The summed E-state index contributed by atoms with van der Waals surface area (Å²) in [5, 5.41) is 11.6. The molecule has 2 atom stereocenters. The maximum atomic E-state index is 5.32. The van der Waals surface area contributed by atoms with E-state index in [1.807, 2.05) is 0 Å². The SMILES string of the molecule is c1ccc(-c2ccc(C3=NN(c4ccccc4)C(c4ccccc4)C3NC3CCCCC3)cc2)cc1. The topological polar surface area (TPSA) is 27.6 Å². The zero-order chi connectivity index (χ0) is 24.2. The zero-order valence-corrected chi connectivity index (χ0v) is 20.6. The van der Waals surface area contributed by atoms with Crippen LogP contribution in [0.2, 0.25) is 0 Å². The van der Waals surface area contributed by atoms with E-state index in [4.69, 9.17) is 5.10 Å². The summed E-state index contributed by atoms with van der Waals surface area (Å²) < 4.78 is 0. The molecule has 180 valence electrons. The molecule has 1 aliphatic carbocycles. The number of hydrogen-bond acceptors (Lipinski definition) is 3. The molecule has 0 radical (unpaired) electrons. The summed E-state index contributed by atoms with van der Waals surface area (Å²) in [6, 6.07) is 41.7. The Kier molecular flexibility index (Phi) is 6.64. The smallest absolute Gasteiger partial charge is 0.0986 e. The number of hydrogen-bond donors (Lipinski definition) is 1. The van der Waals surface area contributed by atoms with Crippen molar-refractivity contribution in [3.05, 3.63) is 126 Å². The number of anilines is 1. The van der Waals surface area contributed by atoms with Crippen molar-refractivity contribution >= 4 is 11.4 Å². The largest absolute Gasteiger partial charge is 0.304 e. The van der Waals surface area contributed by atoms with E-state index in [2.05, 4.69) is 126 Å². The summed E-state index contributed by atoms with van der Waals surface area (Å²) in [6.45, 7) is 0. The summed E-state index contributed by atoms with van der Waals surface area (Å²) in [5.41, 5.74) is 7.18. The normalized spacial score (nSPS) is 20.3. The van der Waals surface area contributed by atoms with Crippen molar-refractivity contribution in [1.29, 1.82) is 0 Å². The van der Waals surface area contributed by atoms with Crippen molar-refractivity contribution in [2.24, 2.45) is 5.10 Å². The van der Waals surface area contributed by atoms with Crippen molar-refractivity contribution in [3.63, 3.8) is 0 Å². The number of hydrazone groups is 1. The van der Waals surface area contributed by atoms with Gasteiger partial charge in [0.1, 0.15) is 0 Å². The van der Waals surface area contributed by atoms with Crippen LogP contribution >= 0.6 is 0 Å². The van der Waals surface area contributed by atoms with Gasteiger partial charge in [0.05, 0.1) is 23.5 Å². The van der Waals surface area contributed by atoms with Crippen molar-refractivity contribution < 1.29 is 0 Å². The predicted octanol–water partition coefficient (Wildman–Crippen LogP) is 7.61. The van der Waals surface area contributed by atoms with E-state index < -0.39 is 0 Å². The van der Waals surface area contributed by atoms with Crippen LogP contribution in [0.5, 0.6) is 0 Å². The van der Waals surface area contributed by atoms with Crippen LogP contribution in [-0.4, -0.2) is 17.8 Å². The van der Waals surface area contributed by atoms with Gasteiger partial charge in [0, 0.05) is 6.04 Å². The molecule has 36 heavy (non-hydrogen) atoms. The van der Waals surface area contributed by atoms with Crippen LogP contribution in [0.3, 0.4) is 0 Å². The third-order valence-corrected chi connectivity index (χ3v) is 7.56. The van der Waals surface area contributed by atoms with Crippen LogP contribution in [0.25, 0.3) is 11.1 Å². The second-order valence-corrected chi connectivity index (χ2v) is 9.94. The van der Waals surface area contributed by atoms with Gasteiger partial charge in [-0.25, -0.2) is 0 Å². The first-order valence-electron chi connectivity index (χ1n) is 13.3. The molecule has 2 aliphatic rings. The molecule has 0 aromatic heterocycles. The highest BCUT2D eigenvalue weighted by Crippen LogP contribution is 2.38. The molecule has 2 unspecified atom stereocenters. The van der Waals surface area contributed by atoms with E-state index >= 15 is 0 Å². The molecule has 0 spiro atoms. The van der Waals surface area contributed by atoms with Crippen molar-refractivity contribution in [2.45, 2.75) is 50.2 Å². The molecule has 4 aromatic rings. The molecule has 1 aliphatic heterocycles. The van der Waals surface area contributed by atoms with Gasteiger partial charge in [0.2, 0.25) is 0 Å². The highest BCUT2D eigenvalue weighted by molar-refractivity contribution is 6.07. The number of rotatable bonds is 6. The fraction of sp³-hybridized carbons (Fsp3) is 0.242. The Morgan fingerprint density at radius 1 is 0.583 bits per heavy atom. The van der Waals surface area contributed by atoms with E-state index in [9.17, 15) is 0 Å². The molecule has 4 aromatic carbocycles. The summed E-state index contributed by atoms with van der Waals surface area (Å²) in [6.07, 6.45) is 6.44. The van der Waals surface area contributed by atoms with Gasteiger partial charge in [-0.3, -0.25) is 5.01 Å². The van der Waals surface area contributed by atoms with Crippen LogP contribution in [0, 0.1) is 0 Å². The fourth-order valence-electron chi connectivity index (χ4n) is 5.71. The average Bonchev–Trinajstić information content (AvgIpc) is 3.34. The van der Waals surface area contributed by atoms with Gasteiger partial charge in [-0.05, 0) is 47.2 Å². The molecule has 3 heteroatoms. The lowest BCUT2D eigenvalue weighted by molar-refractivity contribution is 0.348. The molecular formula is C33H33N3. The highest BCUT2D eigenvalue weighted by Gasteiger charge is 2.40. The van der Waals surface area contributed by atoms with Crippen LogP contribution in [-0.2, 0) is 0 Å². The van der Waals surface area contributed by atoms with Gasteiger partial charge >= 0.3 is 0 Å². The van der Waals surface area contributed by atoms with E-state index in [0.29, 0.717) is 6.04 Å². The minimum absolute atomic E-state index is 0.0966. The second kappa shape index (κ2) is 10.5. The van der Waals surface area contributed by atoms with Crippen molar-refractivity contribution in [2.75, 3.05) is 5.01 Å². The van der Waals surface area contributed by atoms with Gasteiger partial charge in [-0.2, -0.15) is 5.10 Å². The molecule has 0 saturated heterocycles. The van der Waals surface area contributed by atoms with E-state index in [-0.39, 0.29) is 12.1 Å². The number of benzene rings is 4. The van der Waals surface area contributed by atoms with E-state index in [1.165, 1.54) is 54.4 Å². The van der Waals surface area contributed by atoms with Gasteiger partial charge in [-0.1, -0.05) is 122 Å². The van der Waals surface area contributed by atoms with Crippen LogP contribution in [0.15, 0.2) is 120 Å². The monoisotopic (exact) mass is 471 g/mol. The predicted molar refractivity (Wildman–Crippen MR) is 150 cm³/mol. The molecule has 1 saturated carbocycles. The minimum Gasteiger partial charge on any atom is -0.304 e. The first kappa shape index (κ1) is 22.8. The van der Waals surface area contributed by atoms with Gasteiger partial charge < -0.3 is 5.32 Å². The summed E-state index contributed by atoms with van der Waals surface area (Å²) in [5.74, 6) is 0. The van der Waals surface area contributed by atoms with Gasteiger partial charge in [0.25, 0.3) is 0 Å². The van der Waals surface area contributed by atoms with E-state index in [0.717, 1.165) is 11.4 Å². The third kappa shape index (κ3) is 4.72. The second-order valence-electron chi connectivity index (χ2n) is 9.94. The lowest BCUT2D eigenvalue weighted by atomic mass is 9.89. The molecule has 1 fully saturated rings. The van der Waals surface area contributed by atoms with Gasteiger partial charge in [0.15, 0.2) is 0 Å². The first-order valence-corrected chi connectivity index (χ1v) is 13.3. The molecule has 1 heterocycles. The van der Waals surface area contributed by atoms with Crippen LogP contribution in [0.4, 0.5) is 5.69 Å². The van der Waals surface area contributed by atoms with E-state index in [1.54, 1.807) is 0 Å². The van der Waals surface area contributed by atoms with Crippen molar-refractivity contribution in [3.8, 4) is 11.1 Å². The van der Waals surface area contributed by atoms with Gasteiger partial charge in [-0.15, -0.1) is 0 Å². The minimum atomic E-state index is 0.0966. The number of nitrogens with one attached hydrogen (secondary N) is 1. The Bertz CT molecular complexity index is 1280. The maximum Gasteiger partial charge on any atom is 0.0986 e. The summed E-state index contributed by atoms with van der Waals surface area (Å²) in [4.78, 5) is 0. The molecule has 0 bridgehead atoms. The molecule has 3 nitrogen and oxygen atoms in total. The van der Waals surface area contributed by atoms with Crippen LogP contribution < -0.4 is 10.3 Å². The van der Waals surface area contributed by atoms with Crippen LogP contribution in [0.1, 0.15) is 49.3 Å². The molecular weight excluding hydrogens is 438 g/mol. The Labute approximate surface area is 214 Å². The average molecular weight is 472 g/mol. The zero-order valence-electron chi connectivity index (χ0n) is 20.6. The maximum absolute atomic E-state index is 5.32. The quantitative estimate of drug-likeness (QED) is 0.313. The molecule has 6 rings (SSSR count). The van der Waals surface area contributed by atoms with Crippen molar-refractivity contribution in [1.82, 2.24) is 5.32 Å². The Morgan fingerprint density at radius 3 is 1.81 bits per heavy atom. The lowest BCUT2D eigenvalue weighted by Crippen LogP contribution is -2.47. The Morgan fingerprint density at radius 2 is 1.14 bits per heavy atom. The Hall–Kier alpha value is -3.69.